The molecule has 3 rings (SSSR count). The summed E-state index contributed by atoms with van der Waals surface area (Å²) in [7, 11) is 0. The van der Waals surface area contributed by atoms with Crippen molar-refractivity contribution in [2.45, 2.75) is 40.8 Å². The molecule has 1 N–H and O–H groups in total. The normalized spacial score (nSPS) is 11.5. The summed E-state index contributed by atoms with van der Waals surface area (Å²) in [5.74, 6) is 7.17. The topological polar surface area (TPSA) is 41.3 Å². The van der Waals surface area contributed by atoms with Crippen molar-refractivity contribution < 1.29 is 4.42 Å². The Morgan fingerprint density at radius 2 is 1.91 bits per heavy atom. The van der Waals surface area contributed by atoms with Gasteiger partial charge >= 0.3 is 0 Å². The van der Waals surface area contributed by atoms with Crippen molar-refractivity contribution in [2.24, 2.45) is 5.41 Å². The van der Waals surface area contributed by atoms with Crippen LogP contribution in [0.25, 0.3) is 11.3 Å². The van der Waals surface area contributed by atoms with Gasteiger partial charge in [-0.05, 0) is 62.7 Å². The largest absolute Gasteiger partial charge is 0.444 e. The minimum Gasteiger partial charge on any atom is -0.444 e. The lowest BCUT2D eigenvalue weighted by Crippen LogP contribution is -2.22. The number of allylic oxidation sites excluding steroid dienone is 1. The molecule has 0 radical (unpaired) electrons. The van der Waals surface area contributed by atoms with E-state index in [0.717, 1.165) is 43.2 Å². The average molecular weight is 428 g/mol. The van der Waals surface area contributed by atoms with Gasteiger partial charge in [-0.25, -0.2) is 4.98 Å². The maximum absolute atomic E-state index is 5.41. The lowest BCUT2D eigenvalue weighted by molar-refractivity contribution is 0.311. The second-order valence-electron chi connectivity index (χ2n) is 8.87. The monoisotopic (exact) mass is 427 g/mol. The number of hydrogen-bond donors (Lipinski definition) is 1. The maximum Gasteiger partial charge on any atom is 0.181 e. The van der Waals surface area contributed by atoms with Gasteiger partial charge in [-0.15, -0.1) is 0 Å². The van der Waals surface area contributed by atoms with Gasteiger partial charge in [-0.1, -0.05) is 55.2 Å². The molecule has 2 aromatic carbocycles. The van der Waals surface area contributed by atoms with Crippen molar-refractivity contribution in [3.05, 3.63) is 84.4 Å². The van der Waals surface area contributed by atoms with E-state index in [2.05, 4.69) is 97.2 Å². The van der Waals surface area contributed by atoms with E-state index in [1.807, 2.05) is 18.2 Å². The van der Waals surface area contributed by atoms with Crippen molar-refractivity contribution in [3.63, 3.8) is 0 Å². The molecule has 3 aromatic rings. The average Bonchev–Trinajstić information content (AvgIpc) is 3.31. The van der Waals surface area contributed by atoms with Crippen LogP contribution in [0.2, 0.25) is 0 Å². The second-order valence-corrected chi connectivity index (χ2v) is 8.87. The molecular weight excluding hydrogens is 394 g/mol. The van der Waals surface area contributed by atoms with Crippen LogP contribution < -0.4 is 5.32 Å². The molecule has 1 heterocycles. The molecule has 0 saturated carbocycles. The third-order valence-electron chi connectivity index (χ3n) is 4.93. The van der Waals surface area contributed by atoms with E-state index in [9.17, 15) is 0 Å². The molecule has 0 saturated heterocycles. The maximum atomic E-state index is 5.41. The van der Waals surface area contributed by atoms with Gasteiger partial charge in [-0.2, -0.15) is 0 Å². The molecule has 0 atom stereocenters. The number of oxazole rings is 1. The molecule has 0 fully saturated rings. The summed E-state index contributed by atoms with van der Waals surface area (Å²) >= 11 is 0. The van der Waals surface area contributed by atoms with Gasteiger partial charge in [0, 0.05) is 36.3 Å². The van der Waals surface area contributed by atoms with Gasteiger partial charge in [0.15, 0.2) is 12.2 Å². The summed E-state index contributed by atoms with van der Waals surface area (Å²) in [5.41, 5.74) is 4.69. The highest BCUT2D eigenvalue weighted by Gasteiger charge is 2.05. The summed E-state index contributed by atoms with van der Waals surface area (Å²) in [4.78, 5) is 6.40. The third-order valence-corrected chi connectivity index (χ3v) is 4.93. The molecule has 0 amide bonds. The van der Waals surface area contributed by atoms with E-state index >= 15 is 0 Å². The van der Waals surface area contributed by atoms with Crippen molar-refractivity contribution in [1.82, 2.24) is 9.88 Å². The molecule has 0 spiro atoms. The van der Waals surface area contributed by atoms with E-state index in [4.69, 9.17) is 4.42 Å². The number of aromatic nitrogens is 1. The molecule has 0 aliphatic carbocycles. The summed E-state index contributed by atoms with van der Waals surface area (Å²) in [6.45, 7) is 12.1. The molecular formula is C28H33N3O. The number of hydrogen-bond acceptors (Lipinski definition) is 4. The quantitative estimate of drug-likeness (QED) is 0.402. The third kappa shape index (κ3) is 7.76. The fraction of sp³-hybridized carbons (Fsp3) is 0.321. The first-order chi connectivity index (χ1) is 15.4. The van der Waals surface area contributed by atoms with E-state index in [1.54, 1.807) is 6.20 Å². The first-order valence-electron chi connectivity index (χ1n) is 11.1. The highest BCUT2D eigenvalue weighted by atomic mass is 16.3. The van der Waals surface area contributed by atoms with E-state index < -0.39 is 0 Å². The van der Waals surface area contributed by atoms with Crippen LogP contribution in [0.15, 0.2) is 77.7 Å². The number of anilines is 1. The highest BCUT2D eigenvalue weighted by molar-refractivity contribution is 5.57. The van der Waals surface area contributed by atoms with E-state index in [0.29, 0.717) is 0 Å². The fourth-order valence-corrected chi connectivity index (χ4v) is 3.26. The molecule has 166 valence electrons. The predicted octanol–water partition coefficient (Wildman–Crippen LogP) is 6.38. The summed E-state index contributed by atoms with van der Waals surface area (Å²) in [6.07, 6.45) is 7.31. The van der Waals surface area contributed by atoms with Gasteiger partial charge in [0.1, 0.15) is 0 Å². The van der Waals surface area contributed by atoms with Crippen molar-refractivity contribution in [3.8, 4) is 23.2 Å². The Hall–Kier alpha value is -3.29. The molecule has 4 heteroatoms. The highest BCUT2D eigenvalue weighted by Crippen LogP contribution is 2.21. The van der Waals surface area contributed by atoms with E-state index in [1.165, 1.54) is 17.5 Å². The molecule has 0 aliphatic heterocycles. The number of likely N-dealkylation sites (N-methyl/N-ethyl adjacent to an activating group) is 1. The van der Waals surface area contributed by atoms with Crippen LogP contribution in [0.1, 0.15) is 38.8 Å². The Morgan fingerprint density at radius 1 is 1.09 bits per heavy atom. The van der Waals surface area contributed by atoms with Gasteiger partial charge in [0.2, 0.25) is 0 Å². The number of benzene rings is 2. The molecule has 4 nitrogen and oxygen atoms in total. The first-order valence-corrected chi connectivity index (χ1v) is 11.1. The van der Waals surface area contributed by atoms with Crippen LogP contribution in [0.3, 0.4) is 0 Å². The Kier molecular flexibility index (Phi) is 8.30. The lowest BCUT2D eigenvalue weighted by Gasteiger charge is -2.19. The molecule has 0 bridgehead atoms. The number of rotatable bonds is 9. The van der Waals surface area contributed by atoms with Crippen molar-refractivity contribution in [2.75, 3.05) is 18.4 Å². The fourth-order valence-electron chi connectivity index (χ4n) is 3.26. The predicted molar refractivity (Wildman–Crippen MR) is 133 cm³/mol. The smallest absolute Gasteiger partial charge is 0.181 e. The summed E-state index contributed by atoms with van der Waals surface area (Å²) in [6, 6.07) is 17.0. The Bertz CT molecular complexity index is 1070. The molecule has 0 unspecified atom stereocenters. The van der Waals surface area contributed by atoms with Crippen LogP contribution in [0.5, 0.6) is 0 Å². The zero-order valence-electron chi connectivity index (χ0n) is 19.6. The summed E-state index contributed by atoms with van der Waals surface area (Å²) in [5, 5.41) is 3.54. The Balaban J connectivity index is 1.56. The zero-order chi connectivity index (χ0) is 22.8. The van der Waals surface area contributed by atoms with Crippen LogP contribution in [-0.4, -0.2) is 23.0 Å². The van der Waals surface area contributed by atoms with Gasteiger partial charge in [0.25, 0.3) is 0 Å². The van der Waals surface area contributed by atoms with Crippen LogP contribution in [0, 0.1) is 17.3 Å². The minimum absolute atomic E-state index is 0.0412. The minimum atomic E-state index is 0.0412. The Morgan fingerprint density at radius 3 is 2.66 bits per heavy atom. The van der Waals surface area contributed by atoms with Crippen LogP contribution in [-0.2, 0) is 13.1 Å². The van der Waals surface area contributed by atoms with Crippen LogP contribution in [0.4, 0.5) is 5.69 Å². The SMILES string of the molecule is CCN(CC=CC#CC(C)(C)C)Cc1cccc(NCc2cccc(-c3cnco3)c2)c1. The lowest BCUT2D eigenvalue weighted by atomic mass is 9.98. The van der Waals surface area contributed by atoms with Gasteiger partial charge < -0.3 is 9.73 Å². The standard InChI is InChI=1S/C28H33N3O/c1-5-31(16-8-6-7-15-28(2,3)4)21-24-12-10-14-26(18-24)30-19-23-11-9-13-25(17-23)27-20-29-22-32-27/h6,8-14,17-18,20,22,30H,5,16,19,21H2,1-4H3. The summed E-state index contributed by atoms with van der Waals surface area (Å²) < 4.78 is 5.41. The second kappa shape index (κ2) is 11.4. The van der Waals surface area contributed by atoms with Gasteiger partial charge in [0.05, 0.1) is 6.20 Å². The van der Waals surface area contributed by atoms with Gasteiger partial charge in [-0.3, -0.25) is 4.90 Å². The zero-order valence-corrected chi connectivity index (χ0v) is 19.6. The Labute approximate surface area is 192 Å². The molecule has 0 aliphatic rings. The van der Waals surface area contributed by atoms with Crippen molar-refractivity contribution >= 4 is 5.69 Å². The number of nitrogens with one attached hydrogen (secondary N) is 1. The molecule has 1 aromatic heterocycles. The van der Waals surface area contributed by atoms with Crippen LogP contribution >= 0.6 is 0 Å². The molecule has 32 heavy (non-hydrogen) atoms. The first kappa shape index (κ1) is 23.4. The number of nitrogens with zero attached hydrogens (tertiary/aromatic N) is 2. The van der Waals surface area contributed by atoms with E-state index in [-0.39, 0.29) is 5.41 Å². The van der Waals surface area contributed by atoms with Crippen molar-refractivity contribution in [1.29, 1.82) is 0 Å².